The summed E-state index contributed by atoms with van der Waals surface area (Å²) in [5.41, 5.74) is -0.918. The van der Waals surface area contributed by atoms with Crippen molar-refractivity contribution < 1.29 is 4.92 Å². The van der Waals surface area contributed by atoms with E-state index in [9.17, 15) is 10.1 Å². The summed E-state index contributed by atoms with van der Waals surface area (Å²) in [7, 11) is 0. The number of hydrogen-bond donors (Lipinski definition) is 0. The van der Waals surface area contributed by atoms with Crippen LogP contribution in [0.4, 0.5) is 0 Å². The third-order valence-electron chi connectivity index (χ3n) is 1.99. The minimum absolute atomic E-state index is 0.237. The number of nitrogens with zero attached hydrogens (tertiary/aromatic N) is 1. The second kappa shape index (κ2) is 2.86. The highest BCUT2D eigenvalue weighted by Gasteiger charge is 2.35. The molecule has 1 aliphatic carbocycles. The van der Waals surface area contributed by atoms with Gasteiger partial charge in [0.25, 0.3) is 5.54 Å². The molecule has 0 saturated heterocycles. The van der Waals surface area contributed by atoms with Crippen LogP contribution in [0.15, 0.2) is 24.3 Å². The first-order chi connectivity index (χ1) is 5.21. The quantitative estimate of drug-likeness (QED) is 0.345. The highest BCUT2D eigenvalue weighted by molar-refractivity contribution is 5.19. The zero-order valence-corrected chi connectivity index (χ0v) is 6.49. The lowest BCUT2D eigenvalue weighted by Crippen LogP contribution is -2.33. The summed E-state index contributed by atoms with van der Waals surface area (Å²) in [5, 5.41) is 10.6. The van der Waals surface area contributed by atoms with Crippen molar-refractivity contribution >= 4 is 0 Å². The Bertz CT molecular complexity index is 206. The van der Waals surface area contributed by atoms with Crippen LogP contribution in [-0.4, -0.2) is 10.5 Å². The van der Waals surface area contributed by atoms with Crippen LogP contribution in [0, 0.1) is 10.1 Å². The van der Waals surface area contributed by atoms with Gasteiger partial charge in [0.05, 0.1) is 0 Å². The third kappa shape index (κ3) is 1.31. The maximum absolute atomic E-state index is 10.6. The molecule has 0 aliphatic heterocycles. The molecule has 0 N–H and O–H groups in total. The molecule has 0 bridgehead atoms. The van der Waals surface area contributed by atoms with Crippen molar-refractivity contribution in [3.63, 3.8) is 0 Å². The van der Waals surface area contributed by atoms with Crippen LogP contribution < -0.4 is 0 Å². The van der Waals surface area contributed by atoms with E-state index < -0.39 is 5.54 Å². The Hall–Kier alpha value is -1.12. The molecule has 1 aliphatic rings. The van der Waals surface area contributed by atoms with Gasteiger partial charge in [-0.25, -0.2) is 0 Å². The SMILES string of the molecule is CCC1([N+](=O)[O-])C=CCC=C1. The second-order valence-corrected chi connectivity index (χ2v) is 2.64. The summed E-state index contributed by atoms with van der Waals surface area (Å²) < 4.78 is 0. The molecule has 11 heavy (non-hydrogen) atoms. The predicted octanol–water partition coefficient (Wildman–Crippen LogP) is 1.93. The lowest BCUT2D eigenvalue weighted by Gasteiger charge is -2.17. The van der Waals surface area contributed by atoms with Gasteiger partial charge in [0.15, 0.2) is 0 Å². The summed E-state index contributed by atoms with van der Waals surface area (Å²) >= 11 is 0. The molecule has 3 nitrogen and oxygen atoms in total. The van der Waals surface area contributed by atoms with Gasteiger partial charge in [-0.2, -0.15) is 0 Å². The molecule has 0 amide bonds. The van der Waals surface area contributed by atoms with E-state index in [0.29, 0.717) is 6.42 Å². The standard InChI is InChI=1S/C8H11NO2/c1-2-8(9(10)11)6-4-3-5-7-8/h4-7H,2-3H2,1H3. The fourth-order valence-electron chi connectivity index (χ4n) is 1.16. The number of allylic oxidation sites excluding steroid dienone is 2. The smallest absolute Gasteiger partial charge is 0.258 e. The van der Waals surface area contributed by atoms with Gasteiger partial charge in [-0.05, 0) is 18.6 Å². The van der Waals surface area contributed by atoms with Crippen LogP contribution in [0.5, 0.6) is 0 Å². The van der Waals surface area contributed by atoms with Crippen LogP contribution in [0.1, 0.15) is 19.8 Å². The van der Waals surface area contributed by atoms with Crippen molar-refractivity contribution in [2.45, 2.75) is 25.3 Å². The van der Waals surface area contributed by atoms with Crippen LogP contribution in [0.2, 0.25) is 0 Å². The van der Waals surface area contributed by atoms with Crippen LogP contribution in [-0.2, 0) is 0 Å². The Morgan fingerprint density at radius 3 is 2.36 bits per heavy atom. The fourth-order valence-corrected chi connectivity index (χ4v) is 1.16. The van der Waals surface area contributed by atoms with Gasteiger partial charge in [0.2, 0.25) is 0 Å². The first kappa shape index (κ1) is 7.98. The van der Waals surface area contributed by atoms with E-state index in [1.54, 1.807) is 12.2 Å². The fraction of sp³-hybridized carbons (Fsp3) is 0.500. The molecule has 3 heteroatoms. The Kier molecular flexibility index (Phi) is 2.08. The van der Waals surface area contributed by atoms with Crippen molar-refractivity contribution in [1.29, 1.82) is 0 Å². The molecule has 0 unspecified atom stereocenters. The average Bonchev–Trinajstić information content (AvgIpc) is 2.05. The zero-order chi connectivity index (χ0) is 8.32. The van der Waals surface area contributed by atoms with Crippen LogP contribution in [0.25, 0.3) is 0 Å². The molecule has 0 spiro atoms. The van der Waals surface area contributed by atoms with Crippen molar-refractivity contribution in [3.8, 4) is 0 Å². The summed E-state index contributed by atoms with van der Waals surface area (Å²) in [6.45, 7) is 1.82. The van der Waals surface area contributed by atoms with Gasteiger partial charge in [-0.15, -0.1) is 0 Å². The molecule has 0 aromatic heterocycles. The van der Waals surface area contributed by atoms with Gasteiger partial charge in [0, 0.05) is 11.3 Å². The summed E-state index contributed by atoms with van der Waals surface area (Å²) in [6, 6.07) is 0. The van der Waals surface area contributed by atoms with Crippen LogP contribution in [0.3, 0.4) is 0 Å². The van der Waals surface area contributed by atoms with Crippen molar-refractivity contribution in [1.82, 2.24) is 0 Å². The molecule has 0 aromatic rings. The highest BCUT2D eigenvalue weighted by Crippen LogP contribution is 2.22. The van der Waals surface area contributed by atoms with Crippen molar-refractivity contribution in [3.05, 3.63) is 34.4 Å². The van der Waals surface area contributed by atoms with Crippen molar-refractivity contribution in [2.75, 3.05) is 0 Å². The predicted molar refractivity (Wildman–Crippen MR) is 42.9 cm³/mol. The van der Waals surface area contributed by atoms with Gasteiger partial charge in [0.1, 0.15) is 0 Å². The molecule has 0 saturated carbocycles. The molecule has 0 aromatic carbocycles. The minimum atomic E-state index is -0.918. The van der Waals surface area contributed by atoms with E-state index in [0.717, 1.165) is 6.42 Å². The second-order valence-electron chi connectivity index (χ2n) is 2.64. The van der Waals surface area contributed by atoms with E-state index in [1.807, 2.05) is 19.1 Å². The Morgan fingerprint density at radius 2 is 2.09 bits per heavy atom. The average molecular weight is 153 g/mol. The first-order valence-corrected chi connectivity index (χ1v) is 3.71. The minimum Gasteiger partial charge on any atom is -0.263 e. The van der Waals surface area contributed by atoms with E-state index in [4.69, 9.17) is 0 Å². The Balaban J connectivity index is 2.90. The largest absolute Gasteiger partial charge is 0.263 e. The first-order valence-electron chi connectivity index (χ1n) is 3.71. The van der Waals surface area contributed by atoms with Crippen molar-refractivity contribution in [2.24, 2.45) is 0 Å². The molecule has 0 heterocycles. The number of nitro groups is 1. The van der Waals surface area contributed by atoms with Gasteiger partial charge < -0.3 is 0 Å². The Morgan fingerprint density at radius 1 is 1.55 bits per heavy atom. The molecule has 0 fully saturated rings. The molecule has 0 radical (unpaired) electrons. The zero-order valence-electron chi connectivity index (χ0n) is 6.49. The highest BCUT2D eigenvalue weighted by atomic mass is 16.6. The molecule has 60 valence electrons. The van der Waals surface area contributed by atoms with E-state index >= 15 is 0 Å². The lowest BCUT2D eigenvalue weighted by atomic mass is 9.92. The maximum atomic E-state index is 10.6. The maximum Gasteiger partial charge on any atom is 0.258 e. The normalized spacial score (nSPS) is 20.1. The molecular formula is C8H11NO2. The van der Waals surface area contributed by atoms with Crippen LogP contribution >= 0.6 is 0 Å². The summed E-state index contributed by atoms with van der Waals surface area (Å²) in [5.74, 6) is 0. The van der Waals surface area contributed by atoms with E-state index in [2.05, 4.69) is 0 Å². The molecule has 0 atom stereocenters. The van der Waals surface area contributed by atoms with Gasteiger partial charge >= 0.3 is 0 Å². The molecule has 1 rings (SSSR count). The Labute approximate surface area is 65.6 Å². The van der Waals surface area contributed by atoms with E-state index in [-0.39, 0.29) is 4.92 Å². The number of rotatable bonds is 2. The van der Waals surface area contributed by atoms with Gasteiger partial charge in [-0.3, -0.25) is 10.1 Å². The molecular weight excluding hydrogens is 142 g/mol. The summed E-state index contributed by atoms with van der Waals surface area (Å²) in [6.07, 6.45) is 8.36. The van der Waals surface area contributed by atoms with Gasteiger partial charge in [-0.1, -0.05) is 19.1 Å². The van der Waals surface area contributed by atoms with E-state index in [1.165, 1.54) is 0 Å². The summed E-state index contributed by atoms with van der Waals surface area (Å²) in [4.78, 5) is 10.4. The lowest BCUT2D eigenvalue weighted by molar-refractivity contribution is -0.541. The topological polar surface area (TPSA) is 43.1 Å². The number of hydrogen-bond acceptors (Lipinski definition) is 2. The third-order valence-corrected chi connectivity index (χ3v) is 1.99. The monoisotopic (exact) mass is 153 g/mol.